The number of amides is 2. The zero-order valence-corrected chi connectivity index (χ0v) is 15.1. The van der Waals surface area contributed by atoms with Crippen molar-refractivity contribution in [3.63, 3.8) is 0 Å². The van der Waals surface area contributed by atoms with E-state index in [1.165, 1.54) is 7.11 Å². The van der Waals surface area contributed by atoms with Crippen LogP contribution in [0.25, 0.3) is 0 Å². The highest BCUT2D eigenvalue weighted by Crippen LogP contribution is 2.27. The fourth-order valence-electron chi connectivity index (χ4n) is 2.95. The molecule has 2 aromatic rings. The number of hydrogen-bond donors (Lipinski definition) is 1. The molecule has 140 valence electrons. The van der Waals surface area contributed by atoms with Crippen LogP contribution in [0.4, 0.5) is 11.4 Å². The molecular weight excluding hydrogens is 348 g/mol. The van der Waals surface area contributed by atoms with Crippen LogP contribution in [0.1, 0.15) is 16.8 Å². The van der Waals surface area contributed by atoms with Crippen molar-refractivity contribution in [1.82, 2.24) is 0 Å². The molecule has 1 saturated heterocycles. The zero-order chi connectivity index (χ0) is 19.4. The van der Waals surface area contributed by atoms with Crippen LogP contribution >= 0.6 is 0 Å². The van der Waals surface area contributed by atoms with E-state index in [0.717, 1.165) is 5.69 Å². The lowest BCUT2D eigenvalue weighted by molar-refractivity contribution is -0.122. The summed E-state index contributed by atoms with van der Waals surface area (Å²) in [5.41, 5.74) is 1.69. The van der Waals surface area contributed by atoms with Gasteiger partial charge in [-0.25, -0.2) is 4.79 Å². The number of rotatable bonds is 5. The van der Waals surface area contributed by atoms with Crippen molar-refractivity contribution in [1.29, 1.82) is 0 Å². The standard InChI is InChI=1S/C20H20N2O5/c1-26-17-9-7-16(8-10-17)22-12-14(11-18(22)23)19(24)21-15-5-3-13(4-6-15)20(25)27-2/h3-10,14H,11-12H2,1-2H3,(H,21,24)/t14-/m0/s1. The van der Waals surface area contributed by atoms with Gasteiger partial charge in [0.1, 0.15) is 5.75 Å². The molecule has 0 spiro atoms. The summed E-state index contributed by atoms with van der Waals surface area (Å²) in [7, 11) is 2.89. The third-order valence-corrected chi connectivity index (χ3v) is 4.45. The molecule has 3 rings (SSSR count). The summed E-state index contributed by atoms with van der Waals surface area (Å²) in [6.07, 6.45) is 0.151. The summed E-state index contributed by atoms with van der Waals surface area (Å²) >= 11 is 0. The van der Waals surface area contributed by atoms with Crippen LogP contribution in [-0.2, 0) is 14.3 Å². The van der Waals surface area contributed by atoms with Gasteiger partial charge < -0.3 is 19.7 Å². The Hall–Kier alpha value is -3.35. The summed E-state index contributed by atoms with van der Waals surface area (Å²) in [6.45, 7) is 0.317. The normalized spacial score (nSPS) is 16.1. The monoisotopic (exact) mass is 368 g/mol. The van der Waals surface area contributed by atoms with E-state index in [1.807, 2.05) is 0 Å². The quantitative estimate of drug-likeness (QED) is 0.820. The molecule has 1 N–H and O–H groups in total. The first-order valence-electron chi connectivity index (χ1n) is 8.45. The number of carbonyl (C=O) groups excluding carboxylic acids is 3. The minimum Gasteiger partial charge on any atom is -0.497 e. The SMILES string of the molecule is COC(=O)c1ccc(NC(=O)[C@H]2CC(=O)N(c3ccc(OC)cc3)C2)cc1. The second-order valence-corrected chi connectivity index (χ2v) is 6.16. The summed E-state index contributed by atoms with van der Waals surface area (Å²) in [5, 5.41) is 2.79. The number of methoxy groups -OCH3 is 2. The van der Waals surface area contributed by atoms with Crippen molar-refractivity contribution in [2.24, 2.45) is 5.92 Å². The van der Waals surface area contributed by atoms with Crippen molar-refractivity contribution >= 4 is 29.2 Å². The molecule has 1 aliphatic heterocycles. The number of nitrogens with one attached hydrogen (secondary N) is 1. The van der Waals surface area contributed by atoms with E-state index in [9.17, 15) is 14.4 Å². The smallest absolute Gasteiger partial charge is 0.337 e. The van der Waals surface area contributed by atoms with Crippen LogP contribution in [0.15, 0.2) is 48.5 Å². The molecule has 0 saturated carbocycles. The van der Waals surface area contributed by atoms with E-state index in [1.54, 1.807) is 60.5 Å². The third-order valence-electron chi connectivity index (χ3n) is 4.45. The number of esters is 1. The lowest BCUT2D eigenvalue weighted by Gasteiger charge is -2.17. The highest BCUT2D eigenvalue weighted by atomic mass is 16.5. The van der Waals surface area contributed by atoms with Crippen LogP contribution in [0, 0.1) is 5.92 Å². The molecule has 2 aromatic carbocycles. The van der Waals surface area contributed by atoms with Gasteiger partial charge in [-0.05, 0) is 48.5 Å². The summed E-state index contributed by atoms with van der Waals surface area (Å²) in [6, 6.07) is 13.5. The van der Waals surface area contributed by atoms with Gasteiger partial charge in [0, 0.05) is 24.3 Å². The van der Waals surface area contributed by atoms with E-state index >= 15 is 0 Å². The van der Waals surface area contributed by atoms with Crippen molar-refractivity contribution in [2.75, 3.05) is 31.0 Å². The summed E-state index contributed by atoms with van der Waals surface area (Å²) in [5.74, 6) is -0.508. The Morgan fingerprint density at radius 3 is 2.30 bits per heavy atom. The fourth-order valence-corrected chi connectivity index (χ4v) is 2.95. The summed E-state index contributed by atoms with van der Waals surface area (Å²) in [4.78, 5) is 37.9. The fraction of sp³-hybridized carbons (Fsp3) is 0.250. The second kappa shape index (κ2) is 7.90. The highest BCUT2D eigenvalue weighted by molar-refractivity contribution is 6.03. The Bertz CT molecular complexity index is 846. The van der Waals surface area contributed by atoms with Crippen LogP contribution in [0.2, 0.25) is 0 Å². The number of anilines is 2. The largest absolute Gasteiger partial charge is 0.497 e. The molecule has 1 aliphatic rings. The average Bonchev–Trinajstić information content (AvgIpc) is 3.10. The predicted molar refractivity (Wildman–Crippen MR) is 99.9 cm³/mol. The van der Waals surface area contributed by atoms with E-state index in [-0.39, 0.29) is 18.2 Å². The van der Waals surface area contributed by atoms with Gasteiger partial charge in [-0.2, -0.15) is 0 Å². The highest BCUT2D eigenvalue weighted by Gasteiger charge is 2.35. The molecular formula is C20H20N2O5. The molecule has 7 nitrogen and oxygen atoms in total. The van der Waals surface area contributed by atoms with Gasteiger partial charge in [-0.3, -0.25) is 9.59 Å². The van der Waals surface area contributed by atoms with Crippen molar-refractivity contribution in [3.05, 3.63) is 54.1 Å². The number of hydrogen-bond acceptors (Lipinski definition) is 5. The number of ether oxygens (including phenoxy) is 2. The number of benzene rings is 2. The number of nitrogens with zero attached hydrogens (tertiary/aromatic N) is 1. The average molecular weight is 368 g/mol. The first-order valence-corrected chi connectivity index (χ1v) is 8.45. The Kier molecular flexibility index (Phi) is 5.40. The van der Waals surface area contributed by atoms with E-state index in [2.05, 4.69) is 10.1 Å². The van der Waals surface area contributed by atoms with Crippen molar-refractivity contribution in [3.8, 4) is 5.75 Å². The molecule has 0 unspecified atom stereocenters. The van der Waals surface area contributed by atoms with Crippen molar-refractivity contribution < 1.29 is 23.9 Å². The molecule has 7 heteroatoms. The Morgan fingerprint density at radius 1 is 1.04 bits per heavy atom. The third kappa shape index (κ3) is 4.08. The lowest BCUT2D eigenvalue weighted by Crippen LogP contribution is -2.28. The molecule has 1 fully saturated rings. The first kappa shape index (κ1) is 18.4. The molecule has 1 heterocycles. The maximum Gasteiger partial charge on any atom is 0.337 e. The maximum atomic E-state index is 12.5. The van der Waals surface area contributed by atoms with Gasteiger partial charge in [0.25, 0.3) is 0 Å². The zero-order valence-electron chi connectivity index (χ0n) is 15.1. The van der Waals surface area contributed by atoms with Gasteiger partial charge in [0.15, 0.2) is 0 Å². The van der Waals surface area contributed by atoms with Crippen LogP contribution in [-0.4, -0.2) is 38.5 Å². The molecule has 0 bridgehead atoms. The van der Waals surface area contributed by atoms with Crippen LogP contribution in [0.5, 0.6) is 5.75 Å². The molecule has 2 amide bonds. The molecule has 27 heavy (non-hydrogen) atoms. The van der Waals surface area contributed by atoms with Gasteiger partial charge in [-0.1, -0.05) is 0 Å². The molecule has 1 atom stereocenters. The van der Waals surface area contributed by atoms with Gasteiger partial charge in [0.05, 0.1) is 25.7 Å². The minimum absolute atomic E-state index is 0.0960. The molecule has 0 aliphatic carbocycles. The van der Waals surface area contributed by atoms with Gasteiger partial charge in [-0.15, -0.1) is 0 Å². The molecule has 0 radical (unpaired) electrons. The van der Waals surface area contributed by atoms with Crippen molar-refractivity contribution in [2.45, 2.75) is 6.42 Å². The van der Waals surface area contributed by atoms with E-state index < -0.39 is 11.9 Å². The Balaban J connectivity index is 1.64. The second-order valence-electron chi connectivity index (χ2n) is 6.16. The topological polar surface area (TPSA) is 84.9 Å². The van der Waals surface area contributed by atoms with Gasteiger partial charge in [0.2, 0.25) is 11.8 Å². The predicted octanol–water partition coefficient (Wildman–Crippen LogP) is 2.47. The Morgan fingerprint density at radius 2 is 1.70 bits per heavy atom. The van der Waals surface area contributed by atoms with Crippen LogP contribution in [0.3, 0.4) is 0 Å². The Labute approximate surface area is 156 Å². The first-order chi connectivity index (χ1) is 13.0. The van der Waals surface area contributed by atoms with E-state index in [0.29, 0.717) is 23.5 Å². The number of carbonyl (C=O) groups is 3. The maximum absolute atomic E-state index is 12.5. The van der Waals surface area contributed by atoms with Gasteiger partial charge >= 0.3 is 5.97 Å². The molecule has 0 aromatic heterocycles. The lowest BCUT2D eigenvalue weighted by atomic mass is 10.1. The minimum atomic E-state index is -0.445. The van der Waals surface area contributed by atoms with Crippen LogP contribution < -0.4 is 15.0 Å². The van der Waals surface area contributed by atoms with E-state index in [4.69, 9.17) is 4.74 Å². The summed E-state index contributed by atoms with van der Waals surface area (Å²) < 4.78 is 9.76.